The van der Waals surface area contributed by atoms with Crippen molar-refractivity contribution in [3.63, 3.8) is 0 Å². The number of anilines is 1. The van der Waals surface area contributed by atoms with Crippen molar-refractivity contribution in [2.45, 2.75) is 0 Å². The van der Waals surface area contributed by atoms with Gasteiger partial charge < -0.3 is 5.73 Å². The lowest BCUT2D eigenvalue weighted by Gasteiger charge is -2.08. The molecule has 4 nitrogen and oxygen atoms in total. The highest BCUT2D eigenvalue weighted by atomic mass is 79.9. The van der Waals surface area contributed by atoms with E-state index in [4.69, 9.17) is 5.73 Å². The van der Waals surface area contributed by atoms with Crippen LogP contribution in [0.15, 0.2) is 41.0 Å². The highest BCUT2D eigenvalue weighted by molar-refractivity contribution is 9.10. The van der Waals surface area contributed by atoms with Crippen molar-refractivity contribution in [3.05, 3.63) is 46.8 Å². The topological polar surface area (TPSA) is 56.7 Å². The number of nitrogens with two attached hydrogens (primary N) is 1. The SMILES string of the molecule is Nc1nc2cccnc2n1-c1cc(F)ccc1Br. The molecule has 0 saturated carbocycles. The van der Waals surface area contributed by atoms with Crippen LogP contribution in [0, 0.1) is 5.82 Å². The average molecular weight is 307 g/mol. The van der Waals surface area contributed by atoms with Gasteiger partial charge in [-0.2, -0.15) is 0 Å². The van der Waals surface area contributed by atoms with Crippen molar-refractivity contribution in [1.29, 1.82) is 0 Å². The van der Waals surface area contributed by atoms with Gasteiger partial charge in [-0.25, -0.2) is 14.4 Å². The molecule has 3 aromatic rings. The van der Waals surface area contributed by atoms with Gasteiger partial charge in [0.05, 0.1) is 5.69 Å². The van der Waals surface area contributed by atoms with Crippen LogP contribution in [-0.2, 0) is 0 Å². The molecule has 0 spiro atoms. The molecule has 1 aromatic carbocycles. The van der Waals surface area contributed by atoms with Crippen LogP contribution in [0.25, 0.3) is 16.9 Å². The molecule has 0 fully saturated rings. The third-order valence-electron chi connectivity index (χ3n) is 2.59. The van der Waals surface area contributed by atoms with Crippen molar-refractivity contribution >= 4 is 33.0 Å². The van der Waals surface area contributed by atoms with Crippen molar-refractivity contribution < 1.29 is 4.39 Å². The number of benzene rings is 1. The number of hydrogen-bond donors (Lipinski definition) is 1. The number of nitrogens with zero attached hydrogens (tertiary/aromatic N) is 3. The molecule has 0 bridgehead atoms. The van der Waals surface area contributed by atoms with Crippen molar-refractivity contribution in [2.24, 2.45) is 0 Å². The van der Waals surface area contributed by atoms with E-state index < -0.39 is 0 Å². The van der Waals surface area contributed by atoms with Gasteiger partial charge in [-0.05, 0) is 46.3 Å². The predicted molar refractivity (Wildman–Crippen MR) is 70.9 cm³/mol. The Bertz CT molecular complexity index is 738. The zero-order valence-corrected chi connectivity index (χ0v) is 10.7. The number of rotatable bonds is 1. The molecule has 0 aliphatic carbocycles. The average Bonchev–Trinajstić information content (AvgIpc) is 2.68. The van der Waals surface area contributed by atoms with Gasteiger partial charge >= 0.3 is 0 Å². The maximum Gasteiger partial charge on any atom is 0.207 e. The van der Waals surface area contributed by atoms with Crippen LogP contribution >= 0.6 is 15.9 Å². The van der Waals surface area contributed by atoms with Gasteiger partial charge in [-0.1, -0.05) is 0 Å². The summed E-state index contributed by atoms with van der Waals surface area (Å²) in [5.41, 5.74) is 7.72. The van der Waals surface area contributed by atoms with Crippen LogP contribution in [0.2, 0.25) is 0 Å². The van der Waals surface area contributed by atoms with E-state index in [2.05, 4.69) is 25.9 Å². The lowest BCUT2D eigenvalue weighted by atomic mass is 10.3. The van der Waals surface area contributed by atoms with Gasteiger partial charge in [-0.15, -0.1) is 0 Å². The fraction of sp³-hybridized carbons (Fsp3) is 0. The molecule has 2 aromatic heterocycles. The molecule has 0 aliphatic heterocycles. The number of halogens is 2. The Morgan fingerprint density at radius 1 is 1.28 bits per heavy atom. The number of pyridine rings is 1. The van der Waals surface area contributed by atoms with Crippen LogP contribution in [0.3, 0.4) is 0 Å². The number of hydrogen-bond acceptors (Lipinski definition) is 3. The first-order valence-electron chi connectivity index (χ1n) is 5.21. The fourth-order valence-corrected chi connectivity index (χ4v) is 2.25. The Balaban J connectivity index is 2.37. The van der Waals surface area contributed by atoms with Crippen LogP contribution in [0.1, 0.15) is 0 Å². The zero-order valence-electron chi connectivity index (χ0n) is 9.14. The Morgan fingerprint density at radius 2 is 2.11 bits per heavy atom. The summed E-state index contributed by atoms with van der Waals surface area (Å²) in [5, 5.41) is 0. The summed E-state index contributed by atoms with van der Waals surface area (Å²) < 4.78 is 15.7. The largest absolute Gasteiger partial charge is 0.369 e. The molecule has 0 saturated heterocycles. The Labute approximate surface area is 110 Å². The summed E-state index contributed by atoms with van der Waals surface area (Å²) in [7, 11) is 0. The third kappa shape index (κ3) is 1.65. The second-order valence-electron chi connectivity index (χ2n) is 3.75. The summed E-state index contributed by atoms with van der Waals surface area (Å²) in [4.78, 5) is 8.42. The molecule has 90 valence electrons. The molecule has 0 atom stereocenters. The van der Waals surface area contributed by atoms with E-state index in [-0.39, 0.29) is 11.8 Å². The first-order chi connectivity index (χ1) is 8.66. The van der Waals surface area contributed by atoms with E-state index >= 15 is 0 Å². The summed E-state index contributed by atoms with van der Waals surface area (Å²) in [6.45, 7) is 0. The van der Waals surface area contributed by atoms with Crippen molar-refractivity contribution in [2.75, 3.05) is 5.73 Å². The second-order valence-corrected chi connectivity index (χ2v) is 4.60. The highest BCUT2D eigenvalue weighted by Crippen LogP contribution is 2.27. The van der Waals surface area contributed by atoms with Crippen molar-refractivity contribution in [3.8, 4) is 5.69 Å². The van der Waals surface area contributed by atoms with Crippen LogP contribution in [0.5, 0.6) is 0 Å². The minimum Gasteiger partial charge on any atom is -0.369 e. The molecule has 6 heteroatoms. The second kappa shape index (κ2) is 4.06. The maximum atomic E-state index is 13.4. The number of nitrogen functional groups attached to an aromatic ring is 1. The normalized spacial score (nSPS) is 11.0. The molecule has 2 heterocycles. The Kier molecular flexibility index (Phi) is 2.52. The van der Waals surface area contributed by atoms with Crippen molar-refractivity contribution in [1.82, 2.24) is 14.5 Å². The lowest BCUT2D eigenvalue weighted by Crippen LogP contribution is -2.02. The van der Waals surface area contributed by atoms with Gasteiger partial charge in [0.25, 0.3) is 0 Å². The van der Waals surface area contributed by atoms with Gasteiger partial charge in [0.15, 0.2) is 5.65 Å². The van der Waals surface area contributed by atoms with Gasteiger partial charge in [0.1, 0.15) is 11.3 Å². The van der Waals surface area contributed by atoms with E-state index in [1.54, 1.807) is 22.9 Å². The Hall–Kier alpha value is -1.95. The minimum atomic E-state index is -0.342. The quantitative estimate of drug-likeness (QED) is 0.752. The molecule has 0 unspecified atom stereocenters. The summed E-state index contributed by atoms with van der Waals surface area (Å²) >= 11 is 3.37. The summed E-state index contributed by atoms with van der Waals surface area (Å²) in [5.74, 6) is -0.0691. The highest BCUT2D eigenvalue weighted by Gasteiger charge is 2.13. The number of imidazole rings is 1. The fourth-order valence-electron chi connectivity index (χ4n) is 1.82. The number of fused-ring (bicyclic) bond motifs is 1. The molecule has 2 N–H and O–H groups in total. The zero-order chi connectivity index (χ0) is 12.7. The number of aromatic nitrogens is 3. The molecular weight excluding hydrogens is 299 g/mol. The van der Waals surface area contributed by atoms with E-state index in [0.717, 1.165) is 4.47 Å². The van der Waals surface area contributed by atoms with E-state index in [9.17, 15) is 4.39 Å². The van der Waals surface area contributed by atoms with Gasteiger partial charge in [0.2, 0.25) is 5.95 Å². The molecule has 0 radical (unpaired) electrons. The molecule has 0 aliphatic rings. The van der Waals surface area contributed by atoms with E-state index in [0.29, 0.717) is 16.9 Å². The summed E-state index contributed by atoms with van der Waals surface area (Å²) in [6.07, 6.45) is 1.65. The van der Waals surface area contributed by atoms with Gasteiger partial charge in [0, 0.05) is 10.7 Å². The van der Waals surface area contributed by atoms with Crippen LogP contribution in [0.4, 0.5) is 10.3 Å². The maximum absolute atomic E-state index is 13.4. The molecule has 18 heavy (non-hydrogen) atoms. The van der Waals surface area contributed by atoms with E-state index in [1.165, 1.54) is 12.1 Å². The summed E-state index contributed by atoms with van der Waals surface area (Å²) in [6, 6.07) is 7.97. The van der Waals surface area contributed by atoms with Crippen LogP contribution in [-0.4, -0.2) is 14.5 Å². The monoisotopic (exact) mass is 306 g/mol. The third-order valence-corrected chi connectivity index (χ3v) is 3.26. The minimum absolute atomic E-state index is 0.273. The molecule has 0 amide bonds. The van der Waals surface area contributed by atoms with Gasteiger partial charge in [-0.3, -0.25) is 4.57 Å². The molecule has 3 rings (SSSR count). The predicted octanol–water partition coefficient (Wildman–Crippen LogP) is 2.90. The Morgan fingerprint density at radius 3 is 2.94 bits per heavy atom. The van der Waals surface area contributed by atoms with E-state index in [1.807, 2.05) is 6.07 Å². The standard InChI is InChI=1S/C12H8BrFN4/c13-8-4-3-7(14)6-10(8)18-11-9(17-12(18)15)2-1-5-16-11/h1-6H,(H2,15,17). The van der Waals surface area contributed by atoms with Crippen LogP contribution < -0.4 is 5.73 Å². The molecular formula is C12H8BrFN4. The lowest BCUT2D eigenvalue weighted by molar-refractivity contribution is 0.626. The smallest absolute Gasteiger partial charge is 0.207 e. The first-order valence-corrected chi connectivity index (χ1v) is 6.00. The first kappa shape index (κ1) is 11.2.